The van der Waals surface area contributed by atoms with Crippen LogP contribution in [0, 0.1) is 0 Å². The fourth-order valence-corrected chi connectivity index (χ4v) is 1.50. The van der Waals surface area contributed by atoms with E-state index in [0.29, 0.717) is 13.2 Å². The van der Waals surface area contributed by atoms with E-state index in [2.05, 4.69) is 10.6 Å². The van der Waals surface area contributed by atoms with Crippen LogP contribution in [-0.2, 0) is 14.3 Å². The van der Waals surface area contributed by atoms with Crippen molar-refractivity contribution in [3.63, 3.8) is 0 Å². The SMILES string of the molecule is COCCNC(=O)CO[C@H]1CCCNC1. The molecule has 1 atom stereocenters. The van der Waals surface area contributed by atoms with E-state index in [1.807, 2.05) is 0 Å². The third kappa shape index (κ3) is 5.71. The maximum atomic E-state index is 11.2. The first-order valence-corrected chi connectivity index (χ1v) is 5.41. The molecule has 0 aliphatic carbocycles. The lowest BCUT2D eigenvalue weighted by molar-refractivity contribution is -0.128. The van der Waals surface area contributed by atoms with E-state index in [0.717, 1.165) is 25.9 Å². The summed E-state index contributed by atoms with van der Waals surface area (Å²) in [4.78, 5) is 11.2. The molecular formula is C10H20N2O3. The minimum Gasteiger partial charge on any atom is -0.383 e. The average Bonchev–Trinajstić information content (AvgIpc) is 2.28. The van der Waals surface area contributed by atoms with Crippen molar-refractivity contribution in [2.45, 2.75) is 18.9 Å². The third-order valence-corrected chi connectivity index (χ3v) is 2.33. The van der Waals surface area contributed by atoms with Crippen molar-refractivity contribution in [2.75, 3.05) is 40.0 Å². The van der Waals surface area contributed by atoms with Crippen LogP contribution >= 0.6 is 0 Å². The van der Waals surface area contributed by atoms with Crippen LogP contribution in [0.15, 0.2) is 0 Å². The monoisotopic (exact) mass is 216 g/mol. The molecular weight excluding hydrogens is 196 g/mol. The van der Waals surface area contributed by atoms with Gasteiger partial charge in [0.2, 0.25) is 5.91 Å². The fraction of sp³-hybridized carbons (Fsp3) is 0.900. The predicted molar refractivity (Wildman–Crippen MR) is 56.7 cm³/mol. The Morgan fingerprint density at radius 1 is 1.60 bits per heavy atom. The zero-order chi connectivity index (χ0) is 10.9. The van der Waals surface area contributed by atoms with Gasteiger partial charge >= 0.3 is 0 Å². The molecule has 0 bridgehead atoms. The summed E-state index contributed by atoms with van der Waals surface area (Å²) in [7, 11) is 1.61. The first-order valence-electron chi connectivity index (χ1n) is 5.41. The van der Waals surface area contributed by atoms with Gasteiger partial charge in [0.25, 0.3) is 0 Å². The second-order valence-corrected chi connectivity index (χ2v) is 3.62. The molecule has 5 heteroatoms. The lowest BCUT2D eigenvalue weighted by Gasteiger charge is -2.22. The number of piperidine rings is 1. The molecule has 0 aromatic rings. The molecule has 1 fully saturated rings. The van der Waals surface area contributed by atoms with Crippen molar-refractivity contribution in [2.24, 2.45) is 0 Å². The Hall–Kier alpha value is -0.650. The standard InChI is InChI=1S/C10H20N2O3/c1-14-6-5-12-10(13)8-15-9-3-2-4-11-7-9/h9,11H,2-8H2,1H3,(H,12,13)/t9-/m0/s1. The highest BCUT2D eigenvalue weighted by molar-refractivity contribution is 5.77. The van der Waals surface area contributed by atoms with Gasteiger partial charge in [-0.05, 0) is 19.4 Å². The quantitative estimate of drug-likeness (QED) is 0.589. The second-order valence-electron chi connectivity index (χ2n) is 3.62. The number of hydrogen-bond acceptors (Lipinski definition) is 4. The molecule has 0 saturated carbocycles. The van der Waals surface area contributed by atoms with Crippen LogP contribution in [0.1, 0.15) is 12.8 Å². The van der Waals surface area contributed by atoms with Crippen LogP contribution in [0.3, 0.4) is 0 Å². The summed E-state index contributed by atoms with van der Waals surface area (Å²) in [6.07, 6.45) is 2.35. The third-order valence-electron chi connectivity index (χ3n) is 2.33. The number of rotatable bonds is 6. The number of carbonyl (C=O) groups excluding carboxylic acids is 1. The summed E-state index contributed by atoms with van der Waals surface area (Å²) in [5.74, 6) is -0.0716. The smallest absolute Gasteiger partial charge is 0.246 e. The van der Waals surface area contributed by atoms with Crippen LogP contribution in [0.5, 0.6) is 0 Å². The zero-order valence-electron chi connectivity index (χ0n) is 9.25. The Kier molecular flexibility index (Phi) is 6.31. The molecule has 0 radical (unpaired) electrons. The molecule has 5 nitrogen and oxygen atoms in total. The summed E-state index contributed by atoms with van der Waals surface area (Å²) in [6, 6.07) is 0. The number of hydrogen-bond donors (Lipinski definition) is 2. The van der Waals surface area contributed by atoms with Crippen LogP contribution in [0.2, 0.25) is 0 Å². The van der Waals surface area contributed by atoms with Gasteiger partial charge in [0.05, 0.1) is 12.7 Å². The maximum Gasteiger partial charge on any atom is 0.246 e. The Balaban J connectivity index is 2.00. The highest BCUT2D eigenvalue weighted by Crippen LogP contribution is 2.05. The van der Waals surface area contributed by atoms with Crippen molar-refractivity contribution in [3.8, 4) is 0 Å². The first-order chi connectivity index (χ1) is 7.33. The molecule has 88 valence electrons. The van der Waals surface area contributed by atoms with Gasteiger partial charge in [-0.3, -0.25) is 4.79 Å². The normalized spacial score (nSPS) is 21.3. The molecule has 0 aromatic carbocycles. The first kappa shape index (κ1) is 12.4. The maximum absolute atomic E-state index is 11.2. The molecule has 1 saturated heterocycles. The lowest BCUT2D eigenvalue weighted by atomic mass is 10.1. The minimum atomic E-state index is -0.0716. The van der Waals surface area contributed by atoms with E-state index in [-0.39, 0.29) is 18.6 Å². The van der Waals surface area contributed by atoms with Crippen molar-refractivity contribution in [3.05, 3.63) is 0 Å². The lowest BCUT2D eigenvalue weighted by Crippen LogP contribution is -2.38. The van der Waals surface area contributed by atoms with E-state index in [9.17, 15) is 4.79 Å². The van der Waals surface area contributed by atoms with Crippen LogP contribution < -0.4 is 10.6 Å². The largest absolute Gasteiger partial charge is 0.383 e. The van der Waals surface area contributed by atoms with Gasteiger partial charge in [0.1, 0.15) is 6.61 Å². The summed E-state index contributed by atoms with van der Waals surface area (Å²) in [5.41, 5.74) is 0. The van der Waals surface area contributed by atoms with E-state index in [4.69, 9.17) is 9.47 Å². The van der Waals surface area contributed by atoms with Gasteiger partial charge in [-0.1, -0.05) is 0 Å². The van der Waals surface area contributed by atoms with Crippen LogP contribution in [0.4, 0.5) is 0 Å². The van der Waals surface area contributed by atoms with E-state index in [1.54, 1.807) is 7.11 Å². The van der Waals surface area contributed by atoms with E-state index >= 15 is 0 Å². The number of ether oxygens (including phenoxy) is 2. The minimum absolute atomic E-state index is 0.0716. The second kappa shape index (κ2) is 7.62. The Labute approximate surface area is 90.5 Å². The molecule has 1 amide bonds. The zero-order valence-corrected chi connectivity index (χ0v) is 9.25. The summed E-state index contributed by atoms with van der Waals surface area (Å²) in [6.45, 7) is 3.14. The summed E-state index contributed by atoms with van der Waals surface area (Å²) >= 11 is 0. The number of amides is 1. The van der Waals surface area contributed by atoms with E-state index in [1.165, 1.54) is 0 Å². The Bertz CT molecular complexity index is 182. The van der Waals surface area contributed by atoms with Gasteiger partial charge in [0.15, 0.2) is 0 Å². The molecule has 1 aliphatic heterocycles. The van der Waals surface area contributed by atoms with Crippen LogP contribution in [-0.4, -0.2) is 52.0 Å². The fourth-order valence-electron chi connectivity index (χ4n) is 1.50. The molecule has 1 rings (SSSR count). The van der Waals surface area contributed by atoms with Gasteiger partial charge in [0, 0.05) is 20.2 Å². The number of methoxy groups -OCH3 is 1. The van der Waals surface area contributed by atoms with Crippen molar-refractivity contribution < 1.29 is 14.3 Å². The summed E-state index contributed by atoms with van der Waals surface area (Å²) < 4.78 is 10.3. The molecule has 0 unspecified atom stereocenters. The molecule has 1 heterocycles. The van der Waals surface area contributed by atoms with Gasteiger partial charge in [-0.25, -0.2) is 0 Å². The van der Waals surface area contributed by atoms with Gasteiger partial charge in [-0.15, -0.1) is 0 Å². The van der Waals surface area contributed by atoms with E-state index < -0.39 is 0 Å². The highest BCUT2D eigenvalue weighted by Gasteiger charge is 2.14. The topological polar surface area (TPSA) is 59.6 Å². The Morgan fingerprint density at radius 2 is 2.47 bits per heavy atom. The molecule has 2 N–H and O–H groups in total. The molecule has 0 aromatic heterocycles. The Morgan fingerprint density at radius 3 is 3.13 bits per heavy atom. The van der Waals surface area contributed by atoms with Crippen LogP contribution in [0.25, 0.3) is 0 Å². The summed E-state index contributed by atoms with van der Waals surface area (Å²) in [5, 5.41) is 5.95. The van der Waals surface area contributed by atoms with Gasteiger partial charge < -0.3 is 20.1 Å². The number of carbonyl (C=O) groups is 1. The van der Waals surface area contributed by atoms with Gasteiger partial charge in [-0.2, -0.15) is 0 Å². The number of nitrogens with one attached hydrogen (secondary N) is 2. The van der Waals surface area contributed by atoms with Crippen molar-refractivity contribution >= 4 is 5.91 Å². The van der Waals surface area contributed by atoms with Crippen molar-refractivity contribution in [1.82, 2.24) is 10.6 Å². The molecule has 0 spiro atoms. The predicted octanol–water partition coefficient (Wildman–Crippen LogP) is -0.482. The van der Waals surface area contributed by atoms with Crippen molar-refractivity contribution in [1.29, 1.82) is 0 Å². The molecule has 15 heavy (non-hydrogen) atoms. The highest BCUT2D eigenvalue weighted by atomic mass is 16.5. The average molecular weight is 216 g/mol. The molecule has 1 aliphatic rings.